The van der Waals surface area contributed by atoms with E-state index in [4.69, 9.17) is 4.74 Å². The van der Waals surface area contributed by atoms with Gasteiger partial charge < -0.3 is 10.1 Å². The molecule has 1 N–H and O–H groups in total. The van der Waals surface area contributed by atoms with Crippen molar-refractivity contribution in [1.29, 1.82) is 0 Å². The molecule has 1 aromatic carbocycles. The highest BCUT2D eigenvalue weighted by Gasteiger charge is 2.38. The SMILES string of the molecule is CC(C)(C)C1[CH]C(NC(=O)OCc2ccccc2)C1. The van der Waals surface area contributed by atoms with E-state index >= 15 is 0 Å². The van der Waals surface area contributed by atoms with E-state index in [1.807, 2.05) is 30.3 Å². The molecule has 2 atom stereocenters. The van der Waals surface area contributed by atoms with Gasteiger partial charge in [-0.05, 0) is 29.7 Å². The maximum Gasteiger partial charge on any atom is 0.407 e. The first kappa shape index (κ1) is 13.9. The van der Waals surface area contributed by atoms with Gasteiger partial charge in [-0.1, -0.05) is 51.1 Å². The molecule has 0 aliphatic heterocycles. The predicted octanol–water partition coefficient (Wildman–Crippen LogP) is 3.55. The van der Waals surface area contributed by atoms with E-state index < -0.39 is 0 Å². The lowest BCUT2D eigenvalue weighted by Crippen LogP contribution is -2.48. The number of hydrogen-bond acceptors (Lipinski definition) is 2. The second-order valence-corrected chi connectivity index (χ2v) is 6.21. The zero-order valence-electron chi connectivity index (χ0n) is 11.8. The smallest absolute Gasteiger partial charge is 0.407 e. The molecule has 2 unspecified atom stereocenters. The molecule has 19 heavy (non-hydrogen) atoms. The number of alkyl carbamates (subject to hydrolysis) is 1. The van der Waals surface area contributed by atoms with E-state index in [0.29, 0.717) is 12.5 Å². The largest absolute Gasteiger partial charge is 0.445 e. The van der Waals surface area contributed by atoms with Crippen molar-refractivity contribution in [2.24, 2.45) is 11.3 Å². The molecule has 0 aromatic heterocycles. The Kier molecular flexibility index (Phi) is 4.13. The highest BCUT2D eigenvalue weighted by Crippen LogP contribution is 2.40. The van der Waals surface area contributed by atoms with Crippen LogP contribution in [0.2, 0.25) is 0 Å². The Morgan fingerprint density at radius 2 is 1.95 bits per heavy atom. The molecule has 1 aromatic rings. The summed E-state index contributed by atoms with van der Waals surface area (Å²) in [6.45, 7) is 6.98. The summed E-state index contributed by atoms with van der Waals surface area (Å²) in [6.07, 6.45) is 2.87. The van der Waals surface area contributed by atoms with Crippen molar-refractivity contribution in [2.45, 2.75) is 39.8 Å². The van der Waals surface area contributed by atoms with Crippen molar-refractivity contribution >= 4 is 6.09 Å². The summed E-state index contributed by atoms with van der Waals surface area (Å²) in [5.74, 6) is 0.576. The monoisotopic (exact) mass is 260 g/mol. The molecule has 103 valence electrons. The molecular weight excluding hydrogens is 238 g/mol. The molecule has 1 aliphatic carbocycles. The Morgan fingerprint density at radius 3 is 2.53 bits per heavy atom. The quantitative estimate of drug-likeness (QED) is 0.902. The number of nitrogens with one attached hydrogen (secondary N) is 1. The van der Waals surface area contributed by atoms with Crippen molar-refractivity contribution in [3.63, 3.8) is 0 Å². The standard InChI is InChI=1S/C16H22NO2/c1-16(2,3)13-9-14(10-13)17-15(18)19-11-12-7-5-4-6-8-12/h4-9,13-14H,10-11H2,1-3H3,(H,17,18). The second kappa shape index (κ2) is 5.64. The molecular formula is C16H22NO2. The van der Waals surface area contributed by atoms with Gasteiger partial charge in [-0.25, -0.2) is 4.79 Å². The van der Waals surface area contributed by atoms with E-state index in [2.05, 4.69) is 32.5 Å². The molecule has 1 radical (unpaired) electrons. The van der Waals surface area contributed by atoms with Gasteiger partial charge in [0.1, 0.15) is 6.61 Å². The first-order valence-electron chi connectivity index (χ1n) is 6.77. The first-order valence-corrected chi connectivity index (χ1v) is 6.77. The van der Waals surface area contributed by atoms with Gasteiger partial charge in [0.15, 0.2) is 0 Å². The number of carbonyl (C=O) groups excluding carboxylic acids is 1. The lowest BCUT2D eigenvalue weighted by molar-refractivity contribution is 0.119. The molecule has 2 rings (SSSR count). The van der Waals surface area contributed by atoms with Crippen LogP contribution in [0.5, 0.6) is 0 Å². The van der Waals surface area contributed by atoms with Crippen LogP contribution in [0, 0.1) is 17.8 Å². The number of hydrogen-bond donors (Lipinski definition) is 1. The molecule has 0 spiro atoms. The van der Waals surface area contributed by atoms with Gasteiger partial charge in [-0.3, -0.25) is 0 Å². The third kappa shape index (κ3) is 3.98. The van der Waals surface area contributed by atoms with Crippen molar-refractivity contribution in [1.82, 2.24) is 5.32 Å². The predicted molar refractivity (Wildman–Crippen MR) is 75.4 cm³/mol. The molecule has 0 bridgehead atoms. The minimum absolute atomic E-state index is 0.160. The average molecular weight is 260 g/mol. The highest BCUT2D eigenvalue weighted by molar-refractivity contribution is 5.68. The molecule has 1 aliphatic rings. The maximum absolute atomic E-state index is 11.6. The molecule has 1 saturated carbocycles. The zero-order chi connectivity index (χ0) is 13.9. The van der Waals surface area contributed by atoms with Gasteiger partial charge in [0, 0.05) is 6.04 Å². The highest BCUT2D eigenvalue weighted by atomic mass is 16.5. The van der Waals surface area contributed by atoms with Crippen molar-refractivity contribution in [3.05, 3.63) is 42.3 Å². The summed E-state index contributed by atoms with van der Waals surface area (Å²) in [4.78, 5) is 11.6. The van der Waals surface area contributed by atoms with Gasteiger partial charge in [-0.2, -0.15) is 0 Å². The lowest BCUT2D eigenvalue weighted by atomic mass is 9.66. The Hall–Kier alpha value is -1.51. The van der Waals surface area contributed by atoms with Crippen LogP contribution < -0.4 is 5.32 Å². The Morgan fingerprint density at radius 1 is 1.32 bits per heavy atom. The fourth-order valence-corrected chi connectivity index (χ4v) is 2.18. The fraction of sp³-hybridized carbons (Fsp3) is 0.500. The molecule has 1 amide bonds. The Bertz CT molecular complexity index is 416. The van der Waals surface area contributed by atoms with Crippen LogP contribution in [-0.2, 0) is 11.3 Å². The van der Waals surface area contributed by atoms with E-state index in [9.17, 15) is 4.79 Å². The van der Waals surface area contributed by atoms with Crippen LogP contribution in [0.25, 0.3) is 0 Å². The van der Waals surface area contributed by atoms with Crippen molar-refractivity contribution in [3.8, 4) is 0 Å². The second-order valence-electron chi connectivity index (χ2n) is 6.21. The fourth-order valence-electron chi connectivity index (χ4n) is 2.18. The number of amides is 1. The summed E-state index contributed by atoms with van der Waals surface area (Å²) in [6, 6.07) is 9.86. The zero-order valence-corrected chi connectivity index (χ0v) is 11.8. The Balaban J connectivity index is 1.67. The average Bonchev–Trinajstić information content (AvgIpc) is 2.30. The van der Waals surface area contributed by atoms with Gasteiger partial charge in [-0.15, -0.1) is 0 Å². The summed E-state index contributed by atoms with van der Waals surface area (Å²) in [5.41, 5.74) is 1.29. The minimum atomic E-state index is -0.336. The lowest BCUT2D eigenvalue weighted by Gasteiger charge is -2.43. The van der Waals surface area contributed by atoms with E-state index in [-0.39, 0.29) is 17.6 Å². The van der Waals surface area contributed by atoms with Gasteiger partial charge in [0.2, 0.25) is 0 Å². The number of rotatable bonds is 3. The van der Waals surface area contributed by atoms with E-state index in [0.717, 1.165) is 12.0 Å². The molecule has 1 fully saturated rings. The molecule has 0 saturated heterocycles. The van der Waals surface area contributed by atoms with Crippen LogP contribution >= 0.6 is 0 Å². The number of benzene rings is 1. The van der Waals surface area contributed by atoms with E-state index in [1.54, 1.807) is 0 Å². The first-order chi connectivity index (χ1) is 8.95. The molecule has 3 nitrogen and oxygen atoms in total. The van der Waals surface area contributed by atoms with Gasteiger partial charge in [0.05, 0.1) is 0 Å². The van der Waals surface area contributed by atoms with Crippen LogP contribution in [0.4, 0.5) is 4.79 Å². The maximum atomic E-state index is 11.6. The van der Waals surface area contributed by atoms with Gasteiger partial charge >= 0.3 is 6.09 Å². The summed E-state index contributed by atoms with van der Waals surface area (Å²) in [5, 5.41) is 2.87. The number of carbonyl (C=O) groups is 1. The molecule has 0 heterocycles. The van der Waals surface area contributed by atoms with Crippen LogP contribution in [0.1, 0.15) is 32.8 Å². The van der Waals surface area contributed by atoms with Crippen LogP contribution in [0.15, 0.2) is 30.3 Å². The molecule has 3 heteroatoms. The van der Waals surface area contributed by atoms with Gasteiger partial charge in [0.25, 0.3) is 0 Å². The van der Waals surface area contributed by atoms with E-state index in [1.165, 1.54) is 0 Å². The van der Waals surface area contributed by atoms with Crippen molar-refractivity contribution in [2.75, 3.05) is 0 Å². The van der Waals surface area contributed by atoms with Crippen LogP contribution in [0.3, 0.4) is 0 Å². The summed E-state index contributed by atoms with van der Waals surface area (Å²) in [7, 11) is 0. The number of ether oxygens (including phenoxy) is 1. The van der Waals surface area contributed by atoms with Crippen LogP contribution in [-0.4, -0.2) is 12.1 Å². The third-order valence-electron chi connectivity index (χ3n) is 3.60. The topological polar surface area (TPSA) is 38.3 Å². The Labute approximate surface area is 115 Å². The third-order valence-corrected chi connectivity index (χ3v) is 3.60. The normalized spacial score (nSPS) is 22.5. The van der Waals surface area contributed by atoms with Crippen molar-refractivity contribution < 1.29 is 9.53 Å². The summed E-state index contributed by atoms with van der Waals surface area (Å²) < 4.78 is 5.19. The minimum Gasteiger partial charge on any atom is -0.445 e. The summed E-state index contributed by atoms with van der Waals surface area (Å²) >= 11 is 0.